The van der Waals surface area contributed by atoms with Gasteiger partial charge in [0.05, 0.1) is 12.7 Å². The monoisotopic (exact) mass is 285 g/mol. The summed E-state index contributed by atoms with van der Waals surface area (Å²) in [5.41, 5.74) is 3.28. The first kappa shape index (κ1) is 15.7. The number of aryl methyl sites for hydroxylation is 1. The summed E-state index contributed by atoms with van der Waals surface area (Å²) in [6, 6.07) is 18.0. The first-order valence-electron chi connectivity index (χ1n) is 7.31. The maximum atomic E-state index is 10.4. The van der Waals surface area contributed by atoms with Crippen molar-refractivity contribution >= 4 is 0 Å². The minimum atomic E-state index is -0.541. The molecule has 112 valence electrons. The van der Waals surface area contributed by atoms with E-state index in [9.17, 15) is 10.2 Å². The van der Waals surface area contributed by atoms with Crippen molar-refractivity contribution in [3.63, 3.8) is 0 Å². The molecule has 3 nitrogen and oxygen atoms in total. The highest BCUT2D eigenvalue weighted by Crippen LogP contribution is 2.16. The minimum absolute atomic E-state index is 0.0907. The first-order valence-corrected chi connectivity index (χ1v) is 7.31. The third-order valence-corrected chi connectivity index (χ3v) is 3.56. The Hall–Kier alpha value is -1.68. The third-order valence-electron chi connectivity index (χ3n) is 3.56. The molecule has 0 aromatic heterocycles. The fourth-order valence-corrected chi connectivity index (χ4v) is 2.36. The van der Waals surface area contributed by atoms with Crippen LogP contribution >= 0.6 is 0 Å². The normalized spacial score (nSPS) is 12.6. The molecule has 0 saturated carbocycles. The van der Waals surface area contributed by atoms with Crippen molar-refractivity contribution in [1.82, 2.24) is 4.90 Å². The molecule has 0 fully saturated rings. The van der Waals surface area contributed by atoms with Crippen LogP contribution in [0.2, 0.25) is 0 Å². The van der Waals surface area contributed by atoms with E-state index in [1.807, 2.05) is 49.4 Å². The number of hydrogen-bond acceptors (Lipinski definition) is 3. The lowest BCUT2D eigenvalue weighted by Crippen LogP contribution is -2.31. The molecule has 2 aromatic carbocycles. The quantitative estimate of drug-likeness (QED) is 0.821. The summed E-state index contributed by atoms with van der Waals surface area (Å²) >= 11 is 0. The smallest absolute Gasteiger partial charge is 0.0917 e. The van der Waals surface area contributed by atoms with Crippen LogP contribution in [0.3, 0.4) is 0 Å². The van der Waals surface area contributed by atoms with Gasteiger partial charge in [0.2, 0.25) is 0 Å². The summed E-state index contributed by atoms with van der Waals surface area (Å²) in [6.07, 6.45) is -0.541. The average molecular weight is 285 g/mol. The van der Waals surface area contributed by atoms with Gasteiger partial charge in [0.15, 0.2) is 0 Å². The van der Waals surface area contributed by atoms with E-state index in [1.54, 1.807) is 0 Å². The van der Waals surface area contributed by atoms with Gasteiger partial charge >= 0.3 is 0 Å². The van der Waals surface area contributed by atoms with Crippen LogP contribution in [0.5, 0.6) is 0 Å². The van der Waals surface area contributed by atoms with E-state index in [4.69, 9.17) is 0 Å². The van der Waals surface area contributed by atoms with E-state index in [-0.39, 0.29) is 6.61 Å². The van der Waals surface area contributed by atoms with Crippen molar-refractivity contribution in [2.45, 2.75) is 19.6 Å². The maximum absolute atomic E-state index is 10.4. The van der Waals surface area contributed by atoms with Gasteiger partial charge in [-0.05, 0) is 18.1 Å². The third kappa shape index (κ3) is 4.97. The van der Waals surface area contributed by atoms with E-state index in [2.05, 4.69) is 17.0 Å². The van der Waals surface area contributed by atoms with Gasteiger partial charge < -0.3 is 10.2 Å². The number of rotatable bonds is 7. The van der Waals surface area contributed by atoms with Crippen LogP contribution < -0.4 is 0 Å². The van der Waals surface area contributed by atoms with Gasteiger partial charge in [0.25, 0.3) is 0 Å². The zero-order valence-corrected chi connectivity index (χ0v) is 12.4. The second-order valence-corrected chi connectivity index (χ2v) is 5.37. The Balaban J connectivity index is 2.00. The van der Waals surface area contributed by atoms with E-state index in [0.29, 0.717) is 13.1 Å². The van der Waals surface area contributed by atoms with Crippen LogP contribution in [0, 0.1) is 6.92 Å². The largest absolute Gasteiger partial charge is 0.395 e. The molecule has 0 heterocycles. The molecular weight excluding hydrogens is 262 g/mol. The lowest BCUT2D eigenvalue weighted by molar-refractivity contribution is 0.0957. The number of aliphatic hydroxyl groups is 2. The molecule has 0 amide bonds. The van der Waals surface area contributed by atoms with Gasteiger partial charge in [0, 0.05) is 19.6 Å². The fraction of sp³-hybridized carbons (Fsp3) is 0.333. The molecule has 0 bridgehead atoms. The second-order valence-electron chi connectivity index (χ2n) is 5.37. The molecule has 1 atom stereocenters. The number of nitrogens with zero attached hydrogens (tertiary/aromatic N) is 1. The molecule has 0 aliphatic rings. The van der Waals surface area contributed by atoms with Crippen LogP contribution in [0.1, 0.15) is 22.8 Å². The lowest BCUT2D eigenvalue weighted by atomic mass is 10.1. The van der Waals surface area contributed by atoms with Gasteiger partial charge in [-0.1, -0.05) is 60.2 Å². The van der Waals surface area contributed by atoms with Crippen LogP contribution in [-0.2, 0) is 6.54 Å². The van der Waals surface area contributed by atoms with Crippen LogP contribution in [0.15, 0.2) is 54.6 Å². The Morgan fingerprint density at radius 2 is 1.67 bits per heavy atom. The van der Waals surface area contributed by atoms with Gasteiger partial charge in [0.1, 0.15) is 0 Å². The highest BCUT2D eigenvalue weighted by Gasteiger charge is 2.13. The molecular formula is C18H23NO2. The Labute approximate surface area is 126 Å². The summed E-state index contributed by atoms with van der Waals surface area (Å²) in [5, 5.41) is 19.6. The first-order chi connectivity index (χ1) is 10.2. The average Bonchev–Trinajstić information content (AvgIpc) is 2.49. The van der Waals surface area contributed by atoms with Crippen molar-refractivity contribution in [3.05, 3.63) is 71.3 Å². The summed E-state index contributed by atoms with van der Waals surface area (Å²) in [6.45, 7) is 3.91. The predicted octanol–water partition coefficient (Wildman–Crippen LogP) is 2.52. The zero-order valence-electron chi connectivity index (χ0n) is 12.4. The van der Waals surface area contributed by atoms with Crippen LogP contribution in [-0.4, -0.2) is 34.8 Å². The second kappa shape index (κ2) is 7.93. The zero-order chi connectivity index (χ0) is 15.1. The van der Waals surface area contributed by atoms with E-state index in [0.717, 1.165) is 12.1 Å². The van der Waals surface area contributed by atoms with Gasteiger partial charge in [-0.3, -0.25) is 4.90 Å². The van der Waals surface area contributed by atoms with Crippen LogP contribution in [0.4, 0.5) is 0 Å². The number of hydrogen-bond donors (Lipinski definition) is 2. The van der Waals surface area contributed by atoms with Crippen molar-refractivity contribution in [3.8, 4) is 0 Å². The molecule has 2 aromatic rings. The highest BCUT2D eigenvalue weighted by molar-refractivity contribution is 5.23. The maximum Gasteiger partial charge on any atom is 0.0917 e. The molecule has 0 spiro atoms. The topological polar surface area (TPSA) is 43.7 Å². The molecule has 2 N–H and O–H groups in total. The molecule has 0 aliphatic heterocycles. The summed E-state index contributed by atoms with van der Waals surface area (Å²) in [5.74, 6) is 0. The van der Waals surface area contributed by atoms with Gasteiger partial charge in [-0.15, -0.1) is 0 Å². The fourth-order valence-electron chi connectivity index (χ4n) is 2.36. The van der Waals surface area contributed by atoms with E-state index >= 15 is 0 Å². The Bertz CT molecular complexity index is 525. The molecule has 1 unspecified atom stereocenters. The van der Waals surface area contributed by atoms with Crippen molar-refractivity contribution in [1.29, 1.82) is 0 Å². The lowest BCUT2D eigenvalue weighted by Gasteiger charge is -2.24. The molecule has 0 radical (unpaired) electrons. The van der Waals surface area contributed by atoms with Crippen LogP contribution in [0.25, 0.3) is 0 Å². The molecule has 2 rings (SSSR count). The summed E-state index contributed by atoms with van der Waals surface area (Å²) in [7, 11) is 0. The molecule has 0 saturated heterocycles. The Kier molecular flexibility index (Phi) is 5.93. The minimum Gasteiger partial charge on any atom is -0.395 e. The van der Waals surface area contributed by atoms with E-state index in [1.165, 1.54) is 11.1 Å². The standard InChI is InChI=1S/C18H23NO2/c1-15-7-9-17(10-8-15)18(21)14-19(11-12-20)13-16-5-3-2-4-6-16/h2-10,18,20-21H,11-14H2,1H3. The Morgan fingerprint density at radius 3 is 2.29 bits per heavy atom. The summed E-state index contributed by atoms with van der Waals surface area (Å²) < 4.78 is 0. The van der Waals surface area contributed by atoms with Crippen molar-refractivity contribution < 1.29 is 10.2 Å². The highest BCUT2D eigenvalue weighted by atomic mass is 16.3. The van der Waals surface area contributed by atoms with Gasteiger partial charge in [-0.2, -0.15) is 0 Å². The molecule has 0 aliphatic carbocycles. The predicted molar refractivity (Wildman–Crippen MR) is 84.9 cm³/mol. The number of aliphatic hydroxyl groups excluding tert-OH is 2. The Morgan fingerprint density at radius 1 is 1.00 bits per heavy atom. The van der Waals surface area contributed by atoms with Crippen molar-refractivity contribution in [2.24, 2.45) is 0 Å². The SMILES string of the molecule is Cc1ccc(C(O)CN(CCO)Cc2ccccc2)cc1. The molecule has 3 heteroatoms. The molecule has 21 heavy (non-hydrogen) atoms. The number of benzene rings is 2. The van der Waals surface area contributed by atoms with E-state index < -0.39 is 6.10 Å². The van der Waals surface area contributed by atoms with Gasteiger partial charge in [-0.25, -0.2) is 0 Å². The summed E-state index contributed by atoms with van der Waals surface area (Å²) in [4.78, 5) is 2.07. The van der Waals surface area contributed by atoms with Crippen molar-refractivity contribution in [2.75, 3.05) is 19.7 Å².